The number of hydrogen-bond donors (Lipinski definition) is 0. The molecule has 202 valence electrons. The van der Waals surface area contributed by atoms with E-state index >= 15 is 8.78 Å². The second-order valence-electron chi connectivity index (χ2n) is 9.08. The van der Waals surface area contributed by atoms with Crippen LogP contribution < -0.4 is 5.56 Å². The highest BCUT2D eigenvalue weighted by molar-refractivity contribution is 7.84. The average molecular weight is 569 g/mol. The molecule has 0 amide bonds. The van der Waals surface area contributed by atoms with Crippen LogP contribution >= 0.6 is 11.6 Å². The molecule has 2 atom stereocenters. The number of aliphatic imine (C=N–C) groups is 1. The van der Waals surface area contributed by atoms with Crippen molar-refractivity contribution in [1.82, 2.24) is 14.0 Å². The third kappa shape index (κ3) is 5.99. The number of halogens is 3. The molecule has 0 aliphatic carbocycles. The van der Waals surface area contributed by atoms with Crippen LogP contribution in [0.5, 0.6) is 0 Å². The summed E-state index contributed by atoms with van der Waals surface area (Å²) < 4.78 is 45.7. The van der Waals surface area contributed by atoms with Gasteiger partial charge in [0.15, 0.2) is 5.83 Å². The molecule has 3 aromatic heterocycles. The van der Waals surface area contributed by atoms with Crippen molar-refractivity contribution in [1.29, 1.82) is 0 Å². The highest BCUT2D eigenvalue weighted by Gasteiger charge is 2.21. The van der Waals surface area contributed by atoms with Gasteiger partial charge in [-0.15, -0.1) is 0 Å². The lowest BCUT2D eigenvalue weighted by atomic mass is 9.95. The fourth-order valence-corrected chi connectivity index (χ4v) is 5.26. The second kappa shape index (κ2) is 12.0. The summed E-state index contributed by atoms with van der Waals surface area (Å²) >= 11 is 6.51. The number of benzene rings is 1. The molecule has 0 saturated heterocycles. The van der Waals surface area contributed by atoms with Gasteiger partial charge in [0.25, 0.3) is 5.56 Å². The lowest BCUT2D eigenvalue weighted by Gasteiger charge is -2.17. The summed E-state index contributed by atoms with van der Waals surface area (Å²) in [4.78, 5) is 21.7. The highest BCUT2D eigenvalue weighted by atomic mass is 35.5. The molecule has 10 heteroatoms. The maximum atomic E-state index is 15.7. The zero-order chi connectivity index (χ0) is 28.3. The van der Waals surface area contributed by atoms with E-state index in [2.05, 4.69) is 9.98 Å². The Morgan fingerprint density at radius 2 is 2.05 bits per heavy atom. The van der Waals surface area contributed by atoms with E-state index in [-0.39, 0.29) is 27.1 Å². The molecule has 39 heavy (non-hydrogen) atoms. The van der Waals surface area contributed by atoms with E-state index in [0.29, 0.717) is 17.7 Å². The van der Waals surface area contributed by atoms with Crippen molar-refractivity contribution in [3.63, 3.8) is 0 Å². The van der Waals surface area contributed by atoms with Gasteiger partial charge in [-0.2, -0.15) is 0 Å². The van der Waals surface area contributed by atoms with E-state index in [4.69, 9.17) is 11.6 Å². The van der Waals surface area contributed by atoms with E-state index < -0.39 is 28.0 Å². The van der Waals surface area contributed by atoms with Gasteiger partial charge in [-0.05, 0) is 67.6 Å². The van der Waals surface area contributed by atoms with Gasteiger partial charge in [0.1, 0.15) is 22.2 Å². The molecule has 0 aliphatic rings. The quantitative estimate of drug-likeness (QED) is 0.229. The summed E-state index contributed by atoms with van der Waals surface area (Å²) in [6, 6.07) is 9.74. The van der Waals surface area contributed by atoms with Gasteiger partial charge in [0.2, 0.25) is 0 Å². The Kier molecular flexibility index (Phi) is 8.72. The minimum atomic E-state index is -1.63. The number of pyridine rings is 1. The number of aryl methyl sites for hydroxylation is 1. The van der Waals surface area contributed by atoms with Crippen molar-refractivity contribution in [2.24, 2.45) is 4.99 Å². The first-order valence-corrected chi connectivity index (χ1v) is 14.1. The Balaban J connectivity index is 1.72. The zero-order valence-electron chi connectivity index (χ0n) is 21.9. The van der Waals surface area contributed by atoms with E-state index in [1.807, 2.05) is 35.9 Å². The molecule has 6 nitrogen and oxygen atoms in total. The first kappa shape index (κ1) is 28.3. The van der Waals surface area contributed by atoms with Crippen molar-refractivity contribution in [2.75, 3.05) is 6.26 Å². The molecule has 0 fully saturated rings. The van der Waals surface area contributed by atoms with Gasteiger partial charge in [0.05, 0.1) is 21.9 Å². The van der Waals surface area contributed by atoms with Crippen LogP contribution in [-0.4, -0.2) is 30.1 Å². The molecule has 4 aromatic rings. The summed E-state index contributed by atoms with van der Waals surface area (Å²) in [6.45, 7) is 5.29. The molecule has 0 N–H and O–H groups in total. The number of fused-ring (bicyclic) bond motifs is 1. The SMILES string of the molecule is C/C=C/N=C(/C(F)=C/n1c(C)cc(C(C)Cc2cnc3cccn3c2)c(Cl)c1=O)c1cccc(S(C)=O)c1F. The van der Waals surface area contributed by atoms with Crippen LogP contribution in [0.1, 0.15) is 42.1 Å². The summed E-state index contributed by atoms with van der Waals surface area (Å²) in [7, 11) is -1.63. The fourth-order valence-electron chi connectivity index (χ4n) is 4.30. The summed E-state index contributed by atoms with van der Waals surface area (Å²) in [5.41, 5.74) is 1.75. The topological polar surface area (TPSA) is 68.7 Å². The minimum Gasteiger partial charge on any atom is -0.308 e. The molecule has 0 aliphatic heterocycles. The number of hydrogen-bond acceptors (Lipinski definition) is 4. The van der Waals surface area contributed by atoms with Gasteiger partial charge in [-0.1, -0.05) is 30.7 Å². The number of aromatic nitrogens is 3. The molecule has 0 saturated carbocycles. The average Bonchev–Trinajstić information content (AvgIpc) is 3.37. The molecule has 3 heterocycles. The van der Waals surface area contributed by atoms with Crippen LogP contribution in [0, 0.1) is 12.7 Å². The van der Waals surface area contributed by atoms with Gasteiger partial charge < -0.3 is 4.40 Å². The Morgan fingerprint density at radius 3 is 2.77 bits per heavy atom. The van der Waals surface area contributed by atoms with Crippen LogP contribution in [-0.2, 0) is 17.2 Å². The maximum absolute atomic E-state index is 15.7. The number of allylic oxidation sites excluding steroid dienone is 2. The lowest BCUT2D eigenvalue weighted by molar-refractivity contribution is 0.591. The Bertz CT molecular complexity index is 1720. The van der Waals surface area contributed by atoms with Crippen LogP contribution in [0.4, 0.5) is 8.78 Å². The molecular formula is C29H27ClF2N4O2S. The smallest absolute Gasteiger partial charge is 0.273 e. The van der Waals surface area contributed by atoms with Gasteiger partial charge in [-0.25, -0.2) is 13.8 Å². The van der Waals surface area contributed by atoms with Crippen molar-refractivity contribution < 1.29 is 13.0 Å². The minimum absolute atomic E-state index is 0.0337. The van der Waals surface area contributed by atoms with Crippen molar-refractivity contribution >= 4 is 40.0 Å². The van der Waals surface area contributed by atoms with Crippen molar-refractivity contribution in [3.05, 3.63) is 117 Å². The lowest BCUT2D eigenvalue weighted by Crippen LogP contribution is -2.22. The van der Waals surface area contributed by atoms with E-state index in [0.717, 1.165) is 22.0 Å². The third-order valence-corrected chi connectivity index (χ3v) is 7.57. The standard InChI is InChI=1S/C29H27ClF2N4O2S/c1-5-11-33-28(21-8-6-9-24(27(21)32)39(4)38)23(31)17-36-19(3)14-22(26(30)29(36)37)18(2)13-20-15-34-25-10-7-12-35(25)16-20/h5-12,14-18H,13H2,1-4H3/b11-5+,23-17-,33-28+. The predicted molar refractivity (Wildman–Crippen MR) is 153 cm³/mol. The van der Waals surface area contributed by atoms with E-state index in [9.17, 15) is 9.00 Å². The first-order valence-electron chi connectivity index (χ1n) is 12.1. The molecular weight excluding hydrogens is 542 g/mol. The summed E-state index contributed by atoms with van der Waals surface area (Å²) in [5.74, 6) is -1.93. The Morgan fingerprint density at radius 1 is 1.28 bits per heavy atom. The summed E-state index contributed by atoms with van der Waals surface area (Å²) in [5, 5.41) is -0.0337. The van der Waals surface area contributed by atoms with Crippen molar-refractivity contribution in [2.45, 2.75) is 38.0 Å². The zero-order valence-corrected chi connectivity index (χ0v) is 23.4. The molecule has 0 bridgehead atoms. The van der Waals surface area contributed by atoms with Gasteiger partial charge in [0, 0.05) is 42.3 Å². The maximum Gasteiger partial charge on any atom is 0.273 e. The van der Waals surface area contributed by atoms with Crippen LogP contribution in [0.15, 0.2) is 87.8 Å². The molecule has 4 rings (SSSR count). The monoisotopic (exact) mass is 568 g/mol. The van der Waals surface area contributed by atoms with Gasteiger partial charge in [-0.3, -0.25) is 18.6 Å². The van der Waals surface area contributed by atoms with Crippen LogP contribution in [0.25, 0.3) is 11.8 Å². The fraction of sp³-hybridized carbons (Fsp3) is 0.207. The molecule has 0 spiro atoms. The summed E-state index contributed by atoms with van der Waals surface area (Å²) in [6.07, 6.45) is 11.4. The highest BCUT2D eigenvalue weighted by Crippen LogP contribution is 2.27. The normalized spacial score (nSPS) is 14.3. The Labute approximate surface area is 232 Å². The van der Waals surface area contributed by atoms with Crippen LogP contribution in [0.3, 0.4) is 0 Å². The third-order valence-electron chi connectivity index (χ3n) is 6.25. The number of rotatable bonds is 8. The largest absolute Gasteiger partial charge is 0.308 e. The van der Waals surface area contributed by atoms with Gasteiger partial charge >= 0.3 is 0 Å². The van der Waals surface area contributed by atoms with E-state index in [1.54, 1.807) is 32.2 Å². The molecule has 1 aromatic carbocycles. The first-order chi connectivity index (χ1) is 18.6. The molecule has 0 radical (unpaired) electrons. The predicted octanol–water partition coefficient (Wildman–Crippen LogP) is 6.47. The molecule has 2 unspecified atom stereocenters. The number of nitrogens with zero attached hydrogens (tertiary/aromatic N) is 4. The van der Waals surface area contributed by atoms with Crippen LogP contribution in [0.2, 0.25) is 5.02 Å². The Hall–Kier alpha value is -3.69. The second-order valence-corrected chi connectivity index (χ2v) is 10.8. The van der Waals surface area contributed by atoms with Crippen molar-refractivity contribution in [3.8, 4) is 0 Å². The van der Waals surface area contributed by atoms with E-state index in [1.165, 1.54) is 30.7 Å².